The van der Waals surface area contributed by atoms with Crippen molar-refractivity contribution in [1.82, 2.24) is 0 Å². The summed E-state index contributed by atoms with van der Waals surface area (Å²) in [5, 5.41) is 4.23. The van der Waals surface area contributed by atoms with E-state index in [0.29, 0.717) is 0 Å². The lowest BCUT2D eigenvalue weighted by molar-refractivity contribution is 0.498. The van der Waals surface area contributed by atoms with Gasteiger partial charge in [-0.1, -0.05) is 13.0 Å². The number of benzene rings is 1. The summed E-state index contributed by atoms with van der Waals surface area (Å²) in [6, 6.07) is 7.40. The number of rotatable bonds is 4. The molecule has 0 amide bonds. The normalized spacial score (nSPS) is 17.1. The first-order valence-electron chi connectivity index (χ1n) is 7.03. The van der Waals surface area contributed by atoms with Crippen molar-refractivity contribution >= 4 is 17.0 Å². The van der Waals surface area contributed by atoms with E-state index in [4.69, 9.17) is 5.73 Å². The van der Waals surface area contributed by atoms with Crippen LogP contribution in [0, 0.1) is 5.82 Å². The summed E-state index contributed by atoms with van der Waals surface area (Å²) >= 11 is 1.68. The quantitative estimate of drug-likeness (QED) is 0.929. The van der Waals surface area contributed by atoms with Crippen molar-refractivity contribution in [3.05, 3.63) is 52.0 Å². The van der Waals surface area contributed by atoms with Crippen LogP contribution in [-0.4, -0.2) is 12.6 Å². The summed E-state index contributed by atoms with van der Waals surface area (Å²) in [6.07, 6.45) is 1.87. The molecule has 2 heterocycles. The maximum Gasteiger partial charge on any atom is 0.125 e. The fourth-order valence-corrected chi connectivity index (χ4v) is 3.68. The van der Waals surface area contributed by atoms with Gasteiger partial charge in [0, 0.05) is 18.3 Å². The van der Waals surface area contributed by atoms with E-state index in [1.807, 2.05) is 6.07 Å². The highest BCUT2D eigenvalue weighted by atomic mass is 32.1. The van der Waals surface area contributed by atoms with Gasteiger partial charge in [0.1, 0.15) is 5.82 Å². The Kier molecular flexibility index (Phi) is 3.76. The van der Waals surface area contributed by atoms with Crippen LogP contribution in [-0.2, 0) is 6.42 Å². The van der Waals surface area contributed by atoms with Crippen molar-refractivity contribution in [1.29, 1.82) is 0 Å². The molecule has 0 bridgehead atoms. The van der Waals surface area contributed by atoms with Crippen LogP contribution in [0.3, 0.4) is 0 Å². The Hall–Kier alpha value is -1.39. The molecule has 0 saturated carbocycles. The monoisotopic (exact) mass is 290 g/mol. The van der Waals surface area contributed by atoms with Crippen LogP contribution in [0.25, 0.3) is 0 Å². The van der Waals surface area contributed by atoms with Crippen molar-refractivity contribution in [3.8, 4) is 0 Å². The molecule has 0 saturated heterocycles. The first-order chi connectivity index (χ1) is 9.70. The SMILES string of the molecule is CCC(N)C(c1ccsc1)N1CCc2ccc(F)cc21. The van der Waals surface area contributed by atoms with Crippen molar-refractivity contribution in [2.75, 3.05) is 11.4 Å². The van der Waals surface area contributed by atoms with Crippen molar-refractivity contribution < 1.29 is 4.39 Å². The Balaban J connectivity index is 2.00. The lowest BCUT2D eigenvalue weighted by Crippen LogP contribution is -2.40. The minimum absolute atomic E-state index is 0.0545. The lowest BCUT2D eigenvalue weighted by atomic mass is 9.98. The van der Waals surface area contributed by atoms with Crippen LogP contribution in [0.4, 0.5) is 10.1 Å². The van der Waals surface area contributed by atoms with Crippen LogP contribution in [0.1, 0.15) is 30.5 Å². The number of thiophene rings is 1. The predicted octanol–water partition coefficient (Wildman–Crippen LogP) is 3.73. The van der Waals surface area contributed by atoms with Crippen molar-refractivity contribution in [3.63, 3.8) is 0 Å². The second kappa shape index (κ2) is 5.54. The molecule has 1 aliphatic rings. The molecule has 106 valence electrons. The van der Waals surface area contributed by atoms with Gasteiger partial charge < -0.3 is 10.6 Å². The van der Waals surface area contributed by atoms with Gasteiger partial charge in [-0.05, 0) is 52.9 Å². The zero-order chi connectivity index (χ0) is 14.1. The van der Waals surface area contributed by atoms with Crippen LogP contribution >= 0.6 is 11.3 Å². The topological polar surface area (TPSA) is 29.3 Å². The van der Waals surface area contributed by atoms with Crippen LogP contribution in [0.5, 0.6) is 0 Å². The number of nitrogens with zero attached hydrogens (tertiary/aromatic N) is 1. The number of anilines is 1. The Bertz CT molecular complexity index is 582. The smallest absolute Gasteiger partial charge is 0.125 e. The summed E-state index contributed by atoms with van der Waals surface area (Å²) in [5.74, 6) is -0.176. The maximum absolute atomic E-state index is 13.6. The fraction of sp³-hybridized carbons (Fsp3) is 0.375. The van der Waals surface area contributed by atoms with Gasteiger partial charge in [0.2, 0.25) is 0 Å². The molecule has 0 aliphatic carbocycles. The van der Waals surface area contributed by atoms with Crippen LogP contribution < -0.4 is 10.6 Å². The summed E-state index contributed by atoms with van der Waals surface area (Å²) in [5.41, 5.74) is 9.81. The van der Waals surface area contributed by atoms with Crippen LogP contribution in [0.15, 0.2) is 35.0 Å². The van der Waals surface area contributed by atoms with Gasteiger partial charge in [-0.15, -0.1) is 0 Å². The van der Waals surface area contributed by atoms with Crippen molar-refractivity contribution in [2.24, 2.45) is 5.73 Å². The Morgan fingerprint density at radius 2 is 2.25 bits per heavy atom. The molecule has 2 N–H and O–H groups in total. The molecule has 2 aromatic rings. The fourth-order valence-electron chi connectivity index (χ4n) is 2.99. The van der Waals surface area contributed by atoms with Gasteiger partial charge in [0.15, 0.2) is 0 Å². The molecule has 2 atom stereocenters. The van der Waals surface area contributed by atoms with Gasteiger partial charge in [-0.3, -0.25) is 0 Å². The molecule has 3 rings (SSSR count). The molecule has 2 unspecified atom stereocenters. The summed E-state index contributed by atoms with van der Waals surface area (Å²) in [6.45, 7) is 3.01. The summed E-state index contributed by atoms with van der Waals surface area (Å²) in [4.78, 5) is 2.27. The first-order valence-corrected chi connectivity index (χ1v) is 7.97. The number of nitrogens with two attached hydrogens (primary N) is 1. The molecule has 1 aromatic carbocycles. The molecule has 2 nitrogen and oxygen atoms in total. The van der Waals surface area contributed by atoms with Gasteiger partial charge in [-0.25, -0.2) is 4.39 Å². The molecule has 0 radical (unpaired) electrons. The molecule has 4 heteroatoms. The lowest BCUT2D eigenvalue weighted by Gasteiger charge is -2.34. The Morgan fingerprint density at radius 1 is 1.40 bits per heavy atom. The zero-order valence-corrected chi connectivity index (χ0v) is 12.4. The molecule has 0 spiro atoms. The summed E-state index contributed by atoms with van der Waals surface area (Å²) in [7, 11) is 0. The van der Waals surface area contributed by atoms with E-state index in [2.05, 4.69) is 28.7 Å². The molecule has 1 aliphatic heterocycles. The van der Waals surface area contributed by atoms with E-state index in [1.54, 1.807) is 23.5 Å². The highest BCUT2D eigenvalue weighted by molar-refractivity contribution is 7.08. The van der Waals surface area contributed by atoms with E-state index in [-0.39, 0.29) is 17.9 Å². The second-order valence-corrected chi connectivity index (χ2v) is 6.07. The molecule has 20 heavy (non-hydrogen) atoms. The first kappa shape index (κ1) is 13.6. The van der Waals surface area contributed by atoms with Gasteiger partial charge in [0.05, 0.1) is 6.04 Å². The van der Waals surface area contributed by atoms with Gasteiger partial charge in [0.25, 0.3) is 0 Å². The molecule has 1 aromatic heterocycles. The third-order valence-electron chi connectivity index (χ3n) is 4.08. The highest BCUT2D eigenvalue weighted by Crippen LogP contribution is 2.37. The summed E-state index contributed by atoms with van der Waals surface area (Å²) < 4.78 is 13.6. The average Bonchev–Trinajstić information content (AvgIpc) is 3.09. The second-order valence-electron chi connectivity index (χ2n) is 5.29. The number of halogens is 1. The minimum Gasteiger partial charge on any atom is -0.362 e. The van der Waals surface area contributed by atoms with Gasteiger partial charge in [-0.2, -0.15) is 11.3 Å². The van der Waals surface area contributed by atoms with Crippen molar-refractivity contribution in [2.45, 2.75) is 31.8 Å². The Morgan fingerprint density at radius 3 is 2.95 bits per heavy atom. The van der Waals surface area contributed by atoms with E-state index in [1.165, 1.54) is 11.1 Å². The van der Waals surface area contributed by atoms with Crippen LogP contribution in [0.2, 0.25) is 0 Å². The van der Waals surface area contributed by atoms with E-state index < -0.39 is 0 Å². The maximum atomic E-state index is 13.6. The highest BCUT2D eigenvalue weighted by Gasteiger charge is 2.31. The third-order valence-corrected chi connectivity index (χ3v) is 4.78. The average molecular weight is 290 g/mol. The zero-order valence-electron chi connectivity index (χ0n) is 11.6. The molecule has 0 fully saturated rings. The standard InChI is InChI=1S/C16H19FN2S/c1-2-14(18)16(12-6-8-20-10-12)19-7-5-11-3-4-13(17)9-15(11)19/h3-4,6,8-10,14,16H,2,5,7,18H2,1H3. The van der Waals surface area contributed by atoms with E-state index in [9.17, 15) is 4.39 Å². The molecular formula is C16H19FN2S. The largest absolute Gasteiger partial charge is 0.362 e. The minimum atomic E-state index is -0.176. The Labute approximate surface area is 123 Å². The van der Waals surface area contributed by atoms with Gasteiger partial charge >= 0.3 is 0 Å². The number of fused-ring (bicyclic) bond motifs is 1. The third kappa shape index (κ3) is 2.34. The number of hydrogen-bond acceptors (Lipinski definition) is 3. The number of hydrogen-bond donors (Lipinski definition) is 1. The van der Waals surface area contributed by atoms with E-state index in [0.717, 1.165) is 25.1 Å². The molecular weight excluding hydrogens is 271 g/mol. The predicted molar refractivity (Wildman–Crippen MR) is 82.8 cm³/mol. The van der Waals surface area contributed by atoms with E-state index >= 15 is 0 Å².